The van der Waals surface area contributed by atoms with Crippen molar-refractivity contribution in [1.29, 1.82) is 0 Å². The minimum absolute atomic E-state index is 0.417. The fourth-order valence-corrected chi connectivity index (χ4v) is 0.786. The lowest BCUT2D eigenvalue weighted by Gasteiger charge is -2.36. The van der Waals surface area contributed by atoms with Gasteiger partial charge in [0, 0.05) is 7.11 Å². The molecule has 0 aromatic rings. The van der Waals surface area contributed by atoms with Gasteiger partial charge in [0.1, 0.15) is 0 Å². The third-order valence-corrected chi connectivity index (χ3v) is 1.60. The van der Waals surface area contributed by atoms with Gasteiger partial charge in [-0.1, -0.05) is 0 Å². The first-order chi connectivity index (χ1) is 4.69. The Hall–Kier alpha value is -0.160. The Balaban J connectivity index is 2.54. The molecule has 0 bridgehead atoms. The Morgan fingerprint density at radius 1 is 1.60 bits per heavy atom. The van der Waals surface area contributed by atoms with Gasteiger partial charge in [0.05, 0.1) is 13.2 Å². The Morgan fingerprint density at radius 2 is 2.30 bits per heavy atom. The van der Waals surface area contributed by atoms with Gasteiger partial charge in [-0.2, -0.15) is 0 Å². The van der Waals surface area contributed by atoms with E-state index in [0.29, 0.717) is 13.2 Å². The van der Waals surface area contributed by atoms with E-state index in [4.69, 9.17) is 19.3 Å². The first-order valence-corrected chi connectivity index (χ1v) is 3.18. The van der Waals surface area contributed by atoms with E-state index >= 15 is 0 Å². The van der Waals surface area contributed by atoms with Crippen molar-refractivity contribution in [3.8, 4) is 0 Å². The van der Waals surface area contributed by atoms with Gasteiger partial charge < -0.3 is 19.3 Å². The molecule has 60 valence electrons. The molecule has 10 heavy (non-hydrogen) atoms. The van der Waals surface area contributed by atoms with Crippen LogP contribution in [0.2, 0.25) is 0 Å². The number of hydrogen-bond donors (Lipinski definition) is 1. The largest absolute Gasteiger partial charge is 0.364 e. The first kappa shape index (κ1) is 7.94. The van der Waals surface area contributed by atoms with Gasteiger partial charge in [-0.15, -0.1) is 0 Å². The van der Waals surface area contributed by atoms with Crippen LogP contribution in [-0.4, -0.2) is 37.5 Å². The van der Waals surface area contributed by atoms with Crippen molar-refractivity contribution in [3.63, 3.8) is 0 Å². The highest BCUT2D eigenvalue weighted by molar-refractivity contribution is 4.69. The Kier molecular flexibility index (Phi) is 2.25. The number of aliphatic hydroxyl groups is 1. The summed E-state index contributed by atoms with van der Waals surface area (Å²) in [4.78, 5) is 0. The lowest BCUT2D eigenvalue weighted by atomic mass is 10.3. The Bertz CT molecular complexity index is 116. The number of aliphatic hydroxyl groups excluding tert-OH is 1. The van der Waals surface area contributed by atoms with Crippen molar-refractivity contribution in [2.75, 3.05) is 20.3 Å². The van der Waals surface area contributed by atoms with Gasteiger partial charge in [0.25, 0.3) is 0 Å². The van der Waals surface area contributed by atoms with Crippen LogP contribution in [0.1, 0.15) is 6.92 Å². The van der Waals surface area contributed by atoms with Crippen LogP contribution in [0.5, 0.6) is 0 Å². The molecule has 1 aliphatic heterocycles. The summed E-state index contributed by atoms with van der Waals surface area (Å²) in [5.41, 5.74) is 0. The van der Waals surface area contributed by atoms with E-state index in [9.17, 15) is 0 Å². The molecule has 1 rings (SSSR count). The van der Waals surface area contributed by atoms with E-state index in [-0.39, 0.29) is 0 Å². The quantitative estimate of drug-likeness (QED) is 0.555. The second-order valence-electron chi connectivity index (χ2n) is 2.29. The van der Waals surface area contributed by atoms with E-state index in [1.165, 1.54) is 7.11 Å². The molecule has 1 fully saturated rings. The maximum absolute atomic E-state index is 9.16. The molecule has 4 heteroatoms. The maximum atomic E-state index is 9.16. The van der Waals surface area contributed by atoms with E-state index in [1.54, 1.807) is 6.92 Å². The van der Waals surface area contributed by atoms with Crippen LogP contribution in [0.25, 0.3) is 0 Å². The lowest BCUT2D eigenvalue weighted by Crippen LogP contribution is -2.50. The van der Waals surface area contributed by atoms with Gasteiger partial charge >= 0.3 is 0 Å². The third kappa shape index (κ3) is 1.29. The highest BCUT2D eigenvalue weighted by atomic mass is 16.8. The van der Waals surface area contributed by atoms with Crippen molar-refractivity contribution in [3.05, 3.63) is 0 Å². The number of hydrogen-bond acceptors (Lipinski definition) is 4. The van der Waals surface area contributed by atoms with Crippen LogP contribution in [0.15, 0.2) is 0 Å². The average molecular weight is 148 g/mol. The van der Waals surface area contributed by atoms with Crippen LogP contribution >= 0.6 is 0 Å². The average Bonchev–Trinajstić information content (AvgIpc) is 1.96. The first-order valence-electron chi connectivity index (χ1n) is 3.18. The zero-order valence-corrected chi connectivity index (χ0v) is 6.16. The monoisotopic (exact) mass is 148 g/mol. The standard InChI is InChI=1S/C6H12O4/c1-6(8-2)5(7)9-3-4-10-6/h5,7H,3-4H2,1-2H3. The van der Waals surface area contributed by atoms with Gasteiger partial charge in [-0.25, -0.2) is 0 Å². The van der Waals surface area contributed by atoms with E-state index in [1.807, 2.05) is 0 Å². The van der Waals surface area contributed by atoms with E-state index in [0.717, 1.165) is 0 Å². The van der Waals surface area contributed by atoms with E-state index < -0.39 is 12.1 Å². The van der Waals surface area contributed by atoms with Crippen molar-refractivity contribution in [2.45, 2.75) is 19.0 Å². The predicted molar refractivity (Wildman–Crippen MR) is 33.3 cm³/mol. The number of ether oxygens (including phenoxy) is 3. The summed E-state index contributed by atoms with van der Waals surface area (Å²) in [6.07, 6.45) is -0.980. The molecular weight excluding hydrogens is 136 g/mol. The molecule has 4 nitrogen and oxygen atoms in total. The van der Waals surface area contributed by atoms with E-state index in [2.05, 4.69) is 0 Å². The molecule has 0 radical (unpaired) electrons. The minimum atomic E-state index is -0.988. The second kappa shape index (κ2) is 2.84. The summed E-state index contributed by atoms with van der Waals surface area (Å²) in [5, 5.41) is 9.16. The molecule has 2 atom stereocenters. The van der Waals surface area contributed by atoms with Crippen molar-refractivity contribution < 1.29 is 19.3 Å². The maximum Gasteiger partial charge on any atom is 0.217 e. The predicted octanol–water partition coefficient (Wildman–Crippen LogP) is -0.286. The highest BCUT2D eigenvalue weighted by Crippen LogP contribution is 2.20. The molecule has 2 unspecified atom stereocenters. The molecule has 1 heterocycles. The molecule has 0 aliphatic carbocycles. The molecule has 0 aromatic heterocycles. The van der Waals surface area contributed by atoms with Crippen molar-refractivity contribution >= 4 is 0 Å². The Labute approximate surface area is 59.7 Å². The summed E-state index contributed by atoms with van der Waals surface area (Å²) < 4.78 is 14.9. The molecule has 0 aromatic carbocycles. The second-order valence-corrected chi connectivity index (χ2v) is 2.29. The van der Waals surface area contributed by atoms with Crippen LogP contribution in [0.4, 0.5) is 0 Å². The van der Waals surface area contributed by atoms with Gasteiger partial charge in [-0.3, -0.25) is 0 Å². The smallest absolute Gasteiger partial charge is 0.217 e. The Morgan fingerprint density at radius 3 is 2.70 bits per heavy atom. The summed E-state index contributed by atoms with van der Waals surface area (Å²) in [5.74, 6) is -0.988. The highest BCUT2D eigenvalue weighted by Gasteiger charge is 2.37. The van der Waals surface area contributed by atoms with Crippen LogP contribution in [0, 0.1) is 0 Å². The zero-order chi connectivity index (χ0) is 7.61. The molecule has 0 amide bonds. The zero-order valence-electron chi connectivity index (χ0n) is 6.16. The molecule has 0 saturated carbocycles. The summed E-state index contributed by atoms with van der Waals surface area (Å²) >= 11 is 0. The van der Waals surface area contributed by atoms with Crippen LogP contribution in [-0.2, 0) is 14.2 Å². The molecule has 1 N–H and O–H groups in total. The number of methoxy groups -OCH3 is 1. The normalized spacial score (nSPS) is 41.7. The molecule has 1 saturated heterocycles. The third-order valence-electron chi connectivity index (χ3n) is 1.60. The summed E-state index contributed by atoms with van der Waals surface area (Å²) in [7, 11) is 1.47. The molecule has 0 spiro atoms. The van der Waals surface area contributed by atoms with Gasteiger partial charge in [-0.05, 0) is 6.92 Å². The molecule has 1 aliphatic rings. The SMILES string of the molecule is COC1(C)OCCOC1O. The van der Waals surface area contributed by atoms with Gasteiger partial charge in [0.2, 0.25) is 12.1 Å². The number of rotatable bonds is 1. The minimum Gasteiger partial charge on any atom is -0.364 e. The summed E-state index contributed by atoms with van der Waals surface area (Å²) in [6, 6.07) is 0. The van der Waals surface area contributed by atoms with Gasteiger partial charge in [0.15, 0.2) is 0 Å². The summed E-state index contributed by atoms with van der Waals surface area (Å²) in [6.45, 7) is 2.51. The van der Waals surface area contributed by atoms with Crippen molar-refractivity contribution in [2.24, 2.45) is 0 Å². The van der Waals surface area contributed by atoms with Crippen LogP contribution in [0.3, 0.4) is 0 Å². The topological polar surface area (TPSA) is 47.9 Å². The van der Waals surface area contributed by atoms with Crippen molar-refractivity contribution in [1.82, 2.24) is 0 Å². The fourth-order valence-electron chi connectivity index (χ4n) is 0.786. The van der Waals surface area contributed by atoms with Crippen LogP contribution < -0.4 is 0 Å². The lowest BCUT2D eigenvalue weighted by molar-refractivity contribution is -0.358. The molecular formula is C6H12O4. The fraction of sp³-hybridized carbons (Fsp3) is 1.00.